The zero-order chi connectivity index (χ0) is 21.2. The van der Waals surface area contributed by atoms with Crippen LogP contribution in [0.15, 0.2) is 17.3 Å². The monoisotopic (exact) mass is 552 g/mol. The van der Waals surface area contributed by atoms with E-state index in [0.29, 0.717) is 10.8 Å². The third-order valence-corrected chi connectivity index (χ3v) is 7.02. The third kappa shape index (κ3) is 4.18. The molecule has 0 aliphatic carbocycles. The Morgan fingerprint density at radius 1 is 1.59 bits per heavy atom. The minimum atomic E-state index is -1.50. The number of aliphatic carboxylic acids is 1. The molecule has 2 aliphatic rings. The van der Waals surface area contributed by atoms with Gasteiger partial charge in [0.1, 0.15) is 12.5 Å². The number of carboxylic acids is 1. The molecule has 29 heavy (non-hydrogen) atoms. The molecule has 2 unspecified atom stereocenters. The predicted octanol–water partition coefficient (Wildman–Crippen LogP) is 0.281. The number of amides is 2. The lowest BCUT2D eigenvalue weighted by molar-refractivity contribution is -0.154. The number of hydrogen-bond donors (Lipinski definition) is 3. The predicted molar refractivity (Wildman–Crippen MR) is 116 cm³/mol. The van der Waals surface area contributed by atoms with Gasteiger partial charge in [-0.2, -0.15) is 9.36 Å². The average molecular weight is 552 g/mol. The molecule has 4 N–H and O–H groups in total. The number of oxime groups is 1. The second-order valence-corrected chi connectivity index (χ2v) is 9.10. The highest BCUT2D eigenvalue weighted by Gasteiger charge is 2.57. The number of halogens is 1. The Labute approximate surface area is 187 Å². The topological polar surface area (TPSA) is 160 Å². The molecule has 3 heterocycles. The molecule has 2 amide bonds. The Morgan fingerprint density at radius 3 is 2.90 bits per heavy atom. The normalized spacial score (nSPS) is 26.8. The van der Waals surface area contributed by atoms with Crippen LogP contribution in [0.25, 0.3) is 0 Å². The lowest BCUT2D eigenvalue weighted by Crippen LogP contribution is -2.66. The summed E-state index contributed by atoms with van der Waals surface area (Å²) < 4.78 is 4.54. The van der Waals surface area contributed by atoms with Crippen LogP contribution in [0.3, 0.4) is 0 Å². The highest BCUT2D eigenvalue weighted by atomic mass is 127. The number of rotatable bonds is 7. The fourth-order valence-electron chi connectivity index (χ4n) is 2.98. The average Bonchev–Trinajstić information content (AvgIpc) is 3.10. The highest BCUT2D eigenvalue weighted by Crippen LogP contribution is 2.46. The van der Waals surface area contributed by atoms with Gasteiger partial charge in [-0.25, -0.2) is 0 Å². The van der Waals surface area contributed by atoms with Gasteiger partial charge in [-0.15, -0.1) is 11.8 Å². The van der Waals surface area contributed by atoms with Gasteiger partial charge < -0.3 is 25.9 Å². The minimum Gasteiger partial charge on any atom is -0.480 e. The van der Waals surface area contributed by atoms with Crippen LogP contribution in [0.2, 0.25) is 0 Å². The van der Waals surface area contributed by atoms with E-state index < -0.39 is 22.7 Å². The van der Waals surface area contributed by atoms with Gasteiger partial charge in [0.25, 0.3) is 5.91 Å². The SMILES string of the molecule is CON=C(C(=O)NC1S[C@@H]2CC(=O)N2CC1(C=CCI)C(=O)O)c1nsc(N)n1. The van der Waals surface area contributed by atoms with Crippen LogP contribution in [-0.4, -0.2) is 71.7 Å². The molecule has 3 atom stereocenters. The van der Waals surface area contributed by atoms with Crippen LogP contribution in [0, 0.1) is 5.41 Å². The number of aromatic nitrogens is 2. The first-order chi connectivity index (χ1) is 13.8. The van der Waals surface area contributed by atoms with Crippen molar-refractivity contribution in [2.24, 2.45) is 10.6 Å². The van der Waals surface area contributed by atoms with Crippen molar-refractivity contribution in [3.63, 3.8) is 0 Å². The fourth-order valence-corrected chi connectivity index (χ4v) is 5.24. The standard InChI is InChI=1S/C15H17IN6O5S2/c1-27-20-9(10-18-14(17)29-21-10)11(24)19-12-15(13(25)26,3-2-4-16)6-22-7(23)5-8(22)28-12/h2-3,8,12H,4-6H2,1H3,(H,19,24)(H,25,26)(H2,17,18,21)/t8-,12?,15?/m1/s1. The van der Waals surface area contributed by atoms with Crippen molar-refractivity contribution in [3.05, 3.63) is 18.0 Å². The summed E-state index contributed by atoms with van der Waals surface area (Å²) in [5.41, 5.74) is 3.86. The summed E-state index contributed by atoms with van der Waals surface area (Å²) in [5.74, 6) is -1.97. The van der Waals surface area contributed by atoms with Crippen LogP contribution < -0.4 is 11.1 Å². The molecule has 14 heteroatoms. The second kappa shape index (κ2) is 8.83. The summed E-state index contributed by atoms with van der Waals surface area (Å²) in [4.78, 5) is 47.3. The lowest BCUT2D eigenvalue weighted by Gasteiger charge is -2.52. The Morgan fingerprint density at radius 2 is 2.34 bits per heavy atom. The van der Waals surface area contributed by atoms with Crippen molar-refractivity contribution in [3.8, 4) is 0 Å². The number of allylic oxidation sites excluding steroid dienone is 1. The van der Waals surface area contributed by atoms with Gasteiger partial charge in [0, 0.05) is 22.5 Å². The number of alkyl halides is 1. The summed E-state index contributed by atoms with van der Waals surface area (Å²) in [6.45, 7) is -0.0322. The van der Waals surface area contributed by atoms with Gasteiger partial charge in [0.15, 0.2) is 5.13 Å². The van der Waals surface area contributed by atoms with Crippen LogP contribution in [-0.2, 0) is 19.2 Å². The number of β-lactam (4-membered cyclic amide) rings is 1. The molecule has 2 saturated heterocycles. The number of carboxylic acid groups (broad SMARTS) is 1. The lowest BCUT2D eigenvalue weighted by atomic mass is 9.84. The summed E-state index contributed by atoms with van der Waals surface area (Å²) in [5, 5.41) is 15.5. The van der Waals surface area contributed by atoms with E-state index in [1.165, 1.54) is 29.8 Å². The first kappa shape index (κ1) is 21.8. The van der Waals surface area contributed by atoms with Crippen molar-refractivity contribution in [1.29, 1.82) is 0 Å². The van der Waals surface area contributed by atoms with Crippen molar-refractivity contribution >= 4 is 74.5 Å². The number of nitrogens with two attached hydrogens (primary N) is 1. The van der Waals surface area contributed by atoms with E-state index in [1.54, 1.807) is 6.08 Å². The van der Waals surface area contributed by atoms with Crippen molar-refractivity contribution < 1.29 is 24.3 Å². The third-order valence-electron chi connectivity index (χ3n) is 4.43. The maximum atomic E-state index is 12.9. The van der Waals surface area contributed by atoms with Gasteiger partial charge in [-0.1, -0.05) is 39.9 Å². The number of fused-ring (bicyclic) bond motifs is 1. The van der Waals surface area contributed by atoms with Crippen molar-refractivity contribution in [2.45, 2.75) is 17.2 Å². The maximum Gasteiger partial charge on any atom is 0.318 e. The summed E-state index contributed by atoms with van der Waals surface area (Å²) >= 11 is 4.20. The molecule has 3 rings (SSSR count). The molecule has 0 saturated carbocycles. The molecule has 1 aromatic rings. The number of nitrogen functional groups attached to an aromatic ring is 1. The zero-order valence-corrected chi connectivity index (χ0v) is 18.9. The number of hydrogen-bond acceptors (Lipinski definition) is 10. The largest absolute Gasteiger partial charge is 0.480 e. The molecule has 0 spiro atoms. The number of nitrogens with one attached hydrogen (secondary N) is 1. The Bertz CT molecular complexity index is 892. The number of carbonyl (C=O) groups is 3. The summed E-state index contributed by atoms with van der Waals surface area (Å²) in [7, 11) is 1.26. The molecule has 156 valence electrons. The highest BCUT2D eigenvalue weighted by molar-refractivity contribution is 14.1. The number of carbonyl (C=O) groups excluding carboxylic acids is 2. The van der Waals surface area contributed by atoms with Gasteiger partial charge in [0.2, 0.25) is 17.4 Å². The molecule has 0 radical (unpaired) electrons. The van der Waals surface area contributed by atoms with Gasteiger partial charge in [0.05, 0.1) is 17.2 Å². The van der Waals surface area contributed by atoms with Gasteiger partial charge >= 0.3 is 5.97 Å². The molecule has 2 aliphatic heterocycles. The molecular weight excluding hydrogens is 535 g/mol. The first-order valence-electron chi connectivity index (χ1n) is 8.26. The van der Waals surface area contributed by atoms with Crippen LogP contribution in [0.4, 0.5) is 5.13 Å². The molecule has 2 fully saturated rings. The van der Waals surface area contributed by atoms with Crippen molar-refractivity contribution in [1.82, 2.24) is 19.6 Å². The van der Waals surface area contributed by atoms with Gasteiger partial charge in [-0.05, 0) is 0 Å². The van der Waals surface area contributed by atoms with E-state index in [2.05, 4.69) is 42.4 Å². The van der Waals surface area contributed by atoms with E-state index >= 15 is 0 Å². The molecule has 1 aromatic heterocycles. The number of thioether (sulfide) groups is 1. The Balaban J connectivity index is 1.92. The van der Waals surface area contributed by atoms with E-state index in [4.69, 9.17) is 10.6 Å². The first-order valence-corrected chi connectivity index (χ1v) is 11.5. The summed E-state index contributed by atoms with van der Waals surface area (Å²) in [6.07, 6.45) is 3.53. The Hall–Kier alpha value is -1.94. The van der Waals surface area contributed by atoms with Crippen LogP contribution >= 0.6 is 45.9 Å². The Kier molecular flexibility index (Phi) is 6.62. The van der Waals surface area contributed by atoms with Crippen molar-refractivity contribution in [2.75, 3.05) is 23.8 Å². The second-order valence-electron chi connectivity index (χ2n) is 6.15. The number of nitrogens with zero attached hydrogens (tertiary/aromatic N) is 4. The van der Waals surface area contributed by atoms with Crippen LogP contribution in [0.5, 0.6) is 0 Å². The van der Waals surface area contributed by atoms with Crippen LogP contribution in [0.1, 0.15) is 12.2 Å². The zero-order valence-electron chi connectivity index (χ0n) is 15.1. The van der Waals surface area contributed by atoms with E-state index in [1.807, 2.05) is 0 Å². The number of anilines is 1. The molecule has 0 aromatic carbocycles. The minimum absolute atomic E-state index is 0.0168. The van der Waals surface area contributed by atoms with Gasteiger partial charge in [-0.3, -0.25) is 14.4 Å². The maximum absolute atomic E-state index is 12.9. The molecule has 0 bridgehead atoms. The molecule has 11 nitrogen and oxygen atoms in total. The molecular formula is C15H17IN6O5S2. The quantitative estimate of drug-likeness (QED) is 0.108. The summed E-state index contributed by atoms with van der Waals surface area (Å²) in [6, 6.07) is 0. The van der Waals surface area contributed by atoms with E-state index in [-0.39, 0.29) is 34.5 Å². The fraction of sp³-hybridized carbons (Fsp3) is 0.467. The smallest absolute Gasteiger partial charge is 0.318 e. The van der Waals surface area contributed by atoms with E-state index in [0.717, 1.165) is 11.5 Å². The van der Waals surface area contributed by atoms with E-state index in [9.17, 15) is 19.5 Å².